The molecule has 0 unspecified atom stereocenters. The molecular formula is C50H52N6O4. The van der Waals surface area contributed by atoms with Crippen molar-refractivity contribution in [3.63, 3.8) is 0 Å². The lowest BCUT2D eigenvalue weighted by Crippen LogP contribution is -2.09. The highest BCUT2D eigenvalue weighted by molar-refractivity contribution is 6.14. The largest absolute Gasteiger partial charge is 0.461 e. The molecule has 0 amide bonds. The zero-order chi connectivity index (χ0) is 41.3. The Balaban J connectivity index is 0.855. The summed E-state index contributed by atoms with van der Waals surface area (Å²) in [5.41, 5.74) is 8.25. The Morgan fingerprint density at radius 3 is 1.28 bits per heavy atom. The second-order valence-corrected chi connectivity index (χ2v) is 15.3. The maximum absolute atomic E-state index is 12.9. The van der Waals surface area contributed by atoms with Crippen LogP contribution >= 0.6 is 0 Å². The van der Waals surface area contributed by atoms with Crippen molar-refractivity contribution in [1.29, 1.82) is 0 Å². The molecule has 60 heavy (non-hydrogen) atoms. The number of benzene rings is 2. The highest BCUT2D eigenvalue weighted by atomic mass is 16.5. The molecule has 306 valence electrons. The number of unbranched alkanes of at least 4 members (excludes halogenated alkanes) is 9. The molecule has 0 aliphatic rings. The average Bonchev–Trinajstić information content (AvgIpc) is 3.79. The smallest absolute Gasteiger partial charge is 0.356 e. The van der Waals surface area contributed by atoms with E-state index in [9.17, 15) is 9.59 Å². The Morgan fingerprint density at radius 1 is 0.500 bits per heavy atom. The Labute approximate surface area is 350 Å². The number of pyridine rings is 4. The molecule has 8 aromatic rings. The van der Waals surface area contributed by atoms with Gasteiger partial charge in [0.05, 0.1) is 35.6 Å². The molecule has 10 heteroatoms. The van der Waals surface area contributed by atoms with Crippen molar-refractivity contribution in [2.24, 2.45) is 0 Å². The lowest BCUT2D eigenvalue weighted by Gasteiger charge is -2.12. The fourth-order valence-corrected chi connectivity index (χ4v) is 8.59. The van der Waals surface area contributed by atoms with Crippen LogP contribution in [0.3, 0.4) is 0 Å². The number of hydrogen-bond acceptors (Lipinski definition) is 8. The van der Waals surface area contributed by atoms with E-state index < -0.39 is 11.9 Å². The Kier molecular flexibility index (Phi) is 12.8. The van der Waals surface area contributed by atoms with Crippen molar-refractivity contribution in [3.8, 4) is 22.5 Å². The van der Waals surface area contributed by atoms with Crippen LogP contribution in [0.5, 0.6) is 0 Å². The van der Waals surface area contributed by atoms with E-state index in [0.29, 0.717) is 24.6 Å². The summed E-state index contributed by atoms with van der Waals surface area (Å²) in [4.78, 5) is 44.2. The number of rotatable bonds is 19. The summed E-state index contributed by atoms with van der Waals surface area (Å²) in [5.74, 6) is -0.829. The minimum Gasteiger partial charge on any atom is -0.461 e. The predicted molar refractivity (Wildman–Crippen MR) is 239 cm³/mol. The van der Waals surface area contributed by atoms with Gasteiger partial charge in [-0.25, -0.2) is 19.6 Å². The lowest BCUT2D eigenvalue weighted by atomic mass is 10.1. The molecule has 0 aliphatic heterocycles. The van der Waals surface area contributed by atoms with Crippen LogP contribution in [0.2, 0.25) is 0 Å². The number of para-hydroxylation sites is 2. The number of nitrogens with zero attached hydrogens (tertiary/aromatic N) is 6. The number of ether oxygens (including phenoxy) is 2. The normalized spacial score (nSPS) is 11.6. The molecule has 0 atom stereocenters. The number of hydrogen-bond donors (Lipinski definition) is 0. The van der Waals surface area contributed by atoms with Gasteiger partial charge < -0.3 is 18.6 Å². The van der Waals surface area contributed by atoms with Gasteiger partial charge in [-0.05, 0) is 75.2 Å². The number of carbonyl (C=O) groups is 2. The molecule has 6 aromatic heterocycles. The van der Waals surface area contributed by atoms with E-state index in [0.717, 1.165) is 105 Å². The van der Waals surface area contributed by atoms with Gasteiger partial charge in [0.25, 0.3) is 0 Å². The van der Waals surface area contributed by atoms with E-state index >= 15 is 0 Å². The minimum atomic E-state index is -0.414. The summed E-state index contributed by atoms with van der Waals surface area (Å²) >= 11 is 0. The van der Waals surface area contributed by atoms with Crippen LogP contribution in [0.15, 0.2) is 110 Å². The Morgan fingerprint density at radius 2 is 0.900 bits per heavy atom. The minimum absolute atomic E-state index is 0.295. The SMILES string of the molecule is CCOC(=O)c1cc2c3ccccc3n(CCCCCCCCCCCCn3c4ccccc4c4cc(C(=O)OCC)nc(-c5cccnc5)c43)c2c(-c2cccnc2)n1. The molecular weight excluding hydrogens is 749 g/mol. The van der Waals surface area contributed by atoms with Crippen molar-refractivity contribution in [1.82, 2.24) is 29.1 Å². The molecule has 0 aliphatic carbocycles. The highest BCUT2D eigenvalue weighted by Gasteiger charge is 2.22. The number of fused-ring (bicyclic) bond motifs is 6. The van der Waals surface area contributed by atoms with Crippen molar-refractivity contribution < 1.29 is 19.1 Å². The van der Waals surface area contributed by atoms with Crippen LogP contribution in [0, 0.1) is 0 Å². The Bertz CT molecular complexity index is 2550. The van der Waals surface area contributed by atoms with E-state index in [1.165, 1.54) is 38.5 Å². The first kappa shape index (κ1) is 40.4. The van der Waals surface area contributed by atoms with Crippen LogP contribution in [-0.2, 0) is 22.6 Å². The zero-order valence-corrected chi connectivity index (χ0v) is 34.6. The van der Waals surface area contributed by atoms with Gasteiger partial charge in [-0.3, -0.25) is 9.97 Å². The standard InChI is InChI=1S/C50H52N6O4/c1-3-59-49(57)41-31-39-37-23-13-15-25-43(37)55(47(39)45(53-41)35-21-19-27-51-33-35)29-17-11-9-7-5-6-8-10-12-18-30-56-44-26-16-14-24-38(44)40-32-42(50(58)60-4-2)54-46(48(40)56)36-22-20-28-52-34-36/h13-16,19-28,31-34H,3-12,17-18,29-30H2,1-2H3. The molecule has 0 N–H and O–H groups in total. The van der Waals surface area contributed by atoms with Gasteiger partial charge in [-0.15, -0.1) is 0 Å². The molecule has 6 heterocycles. The van der Waals surface area contributed by atoms with Gasteiger partial charge in [0.2, 0.25) is 0 Å². The van der Waals surface area contributed by atoms with Gasteiger partial charge >= 0.3 is 11.9 Å². The Hall–Kier alpha value is -6.42. The summed E-state index contributed by atoms with van der Waals surface area (Å²) in [6.07, 6.45) is 18.9. The third kappa shape index (κ3) is 8.50. The summed E-state index contributed by atoms with van der Waals surface area (Å²) in [6, 6.07) is 28.4. The molecule has 0 spiro atoms. The van der Waals surface area contributed by atoms with Crippen LogP contribution in [0.4, 0.5) is 0 Å². The second kappa shape index (κ2) is 19.1. The molecule has 0 saturated carbocycles. The van der Waals surface area contributed by atoms with Crippen molar-refractivity contribution in [2.45, 2.75) is 91.1 Å². The predicted octanol–water partition coefficient (Wildman–Crippen LogP) is 11.8. The maximum atomic E-state index is 12.9. The van der Waals surface area contributed by atoms with E-state index in [4.69, 9.17) is 19.4 Å². The van der Waals surface area contributed by atoms with Crippen LogP contribution in [-0.4, -0.2) is 54.2 Å². The summed E-state index contributed by atoms with van der Waals surface area (Å²) in [5, 5.41) is 4.23. The molecule has 0 fully saturated rings. The summed E-state index contributed by atoms with van der Waals surface area (Å²) < 4.78 is 15.5. The molecule has 8 rings (SSSR count). The lowest BCUT2D eigenvalue weighted by molar-refractivity contribution is 0.0510. The van der Waals surface area contributed by atoms with Gasteiger partial charge in [0.15, 0.2) is 0 Å². The summed E-state index contributed by atoms with van der Waals surface area (Å²) in [6.45, 7) is 5.96. The molecule has 0 bridgehead atoms. The molecule has 2 aromatic carbocycles. The fraction of sp³-hybridized carbons (Fsp3) is 0.320. The second-order valence-electron chi connectivity index (χ2n) is 15.3. The monoisotopic (exact) mass is 800 g/mol. The number of carbonyl (C=O) groups excluding carboxylic acids is 2. The van der Waals surface area contributed by atoms with E-state index in [1.807, 2.05) is 74.8 Å². The van der Waals surface area contributed by atoms with Gasteiger partial charge in [0.1, 0.15) is 11.4 Å². The van der Waals surface area contributed by atoms with Crippen molar-refractivity contribution in [3.05, 3.63) is 121 Å². The van der Waals surface area contributed by atoms with Gasteiger partial charge in [0, 0.05) is 81.6 Å². The van der Waals surface area contributed by atoms with Crippen molar-refractivity contribution in [2.75, 3.05) is 13.2 Å². The van der Waals surface area contributed by atoms with E-state index in [1.54, 1.807) is 12.4 Å². The first-order valence-corrected chi connectivity index (χ1v) is 21.6. The number of aryl methyl sites for hydroxylation is 2. The van der Waals surface area contributed by atoms with Gasteiger partial charge in [-0.1, -0.05) is 87.8 Å². The third-order valence-corrected chi connectivity index (χ3v) is 11.3. The molecule has 0 saturated heterocycles. The van der Waals surface area contributed by atoms with E-state index in [2.05, 4.69) is 55.5 Å². The summed E-state index contributed by atoms with van der Waals surface area (Å²) in [7, 11) is 0. The maximum Gasteiger partial charge on any atom is 0.356 e. The van der Waals surface area contributed by atoms with Gasteiger partial charge in [-0.2, -0.15) is 0 Å². The third-order valence-electron chi connectivity index (χ3n) is 11.3. The topological polar surface area (TPSA) is 114 Å². The molecule has 10 nitrogen and oxygen atoms in total. The van der Waals surface area contributed by atoms with Crippen LogP contribution in [0.25, 0.3) is 66.1 Å². The molecule has 0 radical (unpaired) electrons. The van der Waals surface area contributed by atoms with Crippen LogP contribution < -0.4 is 0 Å². The first-order chi connectivity index (χ1) is 29.6. The van der Waals surface area contributed by atoms with Crippen LogP contribution in [0.1, 0.15) is 99.0 Å². The average molecular weight is 801 g/mol. The van der Waals surface area contributed by atoms with E-state index in [-0.39, 0.29) is 0 Å². The number of aromatic nitrogens is 6. The highest BCUT2D eigenvalue weighted by Crippen LogP contribution is 2.37. The fourth-order valence-electron chi connectivity index (χ4n) is 8.59. The zero-order valence-electron chi connectivity index (χ0n) is 34.6. The van der Waals surface area contributed by atoms with Crippen molar-refractivity contribution >= 4 is 55.6 Å². The quantitative estimate of drug-likeness (QED) is 0.0586. The first-order valence-electron chi connectivity index (χ1n) is 21.6. The number of esters is 2.